The van der Waals surface area contributed by atoms with Gasteiger partial charge >= 0.3 is 0 Å². The Balaban J connectivity index is 1.79. The first-order chi connectivity index (χ1) is 10.0. The van der Waals surface area contributed by atoms with Crippen molar-refractivity contribution in [1.29, 1.82) is 0 Å². The zero-order valence-corrected chi connectivity index (χ0v) is 13.1. The van der Waals surface area contributed by atoms with Crippen LogP contribution in [0.1, 0.15) is 41.5 Å². The van der Waals surface area contributed by atoms with Crippen molar-refractivity contribution in [3.8, 4) is 0 Å². The number of amides is 1. The van der Waals surface area contributed by atoms with Gasteiger partial charge in [0.15, 0.2) is 4.96 Å². The summed E-state index contributed by atoms with van der Waals surface area (Å²) in [5.41, 5.74) is 3.57. The fourth-order valence-electron chi connectivity index (χ4n) is 2.15. The van der Waals surface area contributed by atoms with Gasteiger partial charge in [0.1, 0.15) is 5.69 Å². The number of thiazole rings is 1. The molecule has 1 N–H and O–H groups in total. The second kappa shape index (κ2) is 5.33. The number of aryl methyl sites for hydroxylation is 1. The minimum atomic E-state index is -0.178. The minimum absolute atomic E-state index is 0.178. The molecule has 0 saturated carbocycles. The van der Waals surface area contributed by atoms with Crippen molar-refractivity contribution in [2.45, 2.75) is 26.7 Å². The van der Waals surface area contributed by atoms with Crippen molar-refractivity contribution < 1.29 is 4.79 Å². The summed E-state index contributed by atoms with van der Waals surface area (Å²) in [6, 6.07) is 7.93. The molecule has 0 saturated heterocycles. The van der Waals surface area contributed by atoms with E-state index in [2.05, 4.69) is 24.1 Å². The maximum Gasteiger partial charge on any atom is 0.275 e. The first kappa shape index (κ1) is 13.8. The van der Waals surface area contributed by atoms with Crippen molar-refractivity contribution in [2.75, 3.05) is 5.32 Å². The van der Waals surface area contributed by atoms with E-state index in [1.54, 1.807) is 6.20 Å². The fraction of sp³-hybridized carbons (Fsp3) is 0.250. The monoisotopic (exact) mass is 299 g/mol. The van der Waals surface area contributed by atoms with Crippen molar-refractivity contribution >= 4 is 27.9 Å². The minimum Gasteiger partial charge on any atom is -0.321 e. The number of hydrogen-bond donors (Lipinski definition) is 1. The molecular formula is C16H17N3OS. The SMILES string of the molecule is Cc1csc2nc(C(=O)Nc3ccc(C(C)C)cc3)cn12. The summed E-state index contributed by atoms with van der Waals surface area (Å²) in [4.78, 5) is 17.4. The van der Waals surface area contributed by atoms with Gasteiger partial charge in [0.25, 0.3) is 5.91 Å². The predicted octanol–water partition coefficient (Wildman–Crippen LogP) is 4.08. The Kier molecular flexibility index (Phi) is 3.51. The molecule has 3 rings (SSSR count). The number of rotatable bonds is 3. The molecule has 21 heavy (non-hydrogen) atoms. The van der Waals surface area contributed by atoms with E-state index in [0.717, 1.165) is 16.3 Å². The van der Waals surface area contributed by atoms with Crippen LogP contribution in [0.2, 0.25) is 0 Å². The number of aromatic nitrogens is 2. The molecule has 3 aromatic rings. The van der Waals surface area contributed by atoms with Gasteiger partial charge in [-0.1, -0.05) is 26.0 Å². The number of nitrogens with zero attached hydrogens (tertiary/aromatic N) is 2. The molecule has 1 amide bonds. The Morgan fingerprint density at radius 3 is 2.62 bits per heavy atom. The molecule has 2 heterocycles. The lowest BCUT2D eigenvalue weighted by Crippen LogP contribution is -2.12. The van der Waals surface area contributed by atoms with Crippen LogP contribution < -0.4 is 5.32 Å². The Labute approximate surface area is 127 Å². The Morgan fingerprint density at radius 1 is 1.29 bits per heavy atom. The van der Waals surface area contributed by atoms with Crippen LogP contribution in [-0.4, -0.2) is 15.3 Å². The fourth-order valence-corrected chi connectivity index (χ4v) is 3.00. The van der Waals surface area contributed by atoms with Crippen LogP contribution >= 0.6 is 11.3 Å². The average Bonchev–Trinajstić information content (AvgIpc) is 3.02. The molecule has 0 aliphatic carbocycles. The molecule has 0 bridgehead atoms. The van der Waals surface area contributed by atoms with E-state index in [-0.39, 0.29) is 5.91 Å². The second-order valence-electron chi connectivity index (χ2n) is 5.39. The van der Waals surface area contributed by atoms with Gasteiger partial charge in [-0.2, -0.15) is 0 Å². The Hall–Kier alpha value is -2.14. The molecule has 0 fully saturated rings. The normalized spacial score (nSPS) is 11.2. The number of carbonyl (C=O) groups excluding carboxylic acids is 1. The predicted molar refractivity (Wildman–Crippen MR) is 86.3 cm³/mol. The molecule has 1 aromatic carbocycles. The maximum absolute atomic E-state index is 12.2. The van der Waals surface area contributed by atoms with E-state index in [9.17, 15) is 4.79 Å². The number of benzene rings is 1. The number of carbonyl (C=O) groups is 1. The van der Waals surface area contributed by atoms with E-state index < -0.39 is 0 Å². The largest absolute Gasteiger partial charge is 0.321 e. The molecule has 5 heteroatoms. The summed E-state index contributed by atoms with van der Waals surface area (Å²) in [6.45, 7) is 6.29. The van der Waals surface area contributed by atoms with Crippen LogP contribution in [0.3, 0.4) is 0 Å². The van der Waals surface area contributed by atoms with Gasteiger partial charge in [0.05, 0.1) is 0 Å². The van der Waals surface area contributed by atoms with Crippen LogP contribution in [0.15, 0.2) is 35.8 Å². The molecule has 0 aliphatic heterocycles. The van der Waals surface area contributed by atoms with E-state index >= 15 is 0 Å². The first-order valence-electron chi connectivity index (χ1n) is 6.89. The van der Waals surface area contributed by atoms with Crippen LogP contribution in [-0.2, 0) is 0 Å². The molecule has 108 valence electrons. The van der Waals surface area contributed by atoms with Gasteiger partial charge in [-0.15, -0.1) is 11.3 Å². The molecule has 2 aromatic heterocycles. The lowest BCUT2D eigenvalue weighted by molar-refractivity contribution is 0.102. The van der Waals surface area contributed by atoms with Crippen LogP contribution in [0, 0.1) is 6.92 Å². The number of imidazole rings is 1. The lowest BCUT2D eigenvalue weighted by atomic mass is 10.0. The van der Waals surface area contributed by atoms with E-state index in [1.165, 1.54) is 16.9 Å². The van der Waals surface area contributed by atoms with Crippen molar-refractivity contribution in [2.24, 2.45) is 0 Å². The topological polar surface area (TPSA) is 46.4 Å². The molecule has 0 spiro atoms. The highest BCUT2D eigenvalue weighted by Crippen LogP contribution is 2.19. The zero-order chi connectivity index (χ0) is 15.0. The number of anilines is 1. The number of nitrogens with one attached hydrogen (secondary N) is 1. The number of hydrogen-bond acceptors (Lipinski definition) is 3. The smallest absolute Gasteiger partial charge is 0.275 e. The maximum atomic E-state index is 12.2. The van der Waals surface area contributed by atoms with Gasteiger partial charge in [0.2, 0.25) is 0 Å². The highest BCUT2D eigenvalue weighted by molar-refractivity contribution is 7.15. The molecule has 4 nitrogen and oxygen atoms in total. The molecular weight excluding hydrogens is 282 g/mol. The zero-order valence-electron chi connectivity index (χ0n) is 12.3. The quantitative estimate of drug-likeness (QED) is 0.792. The van der Waals surface area contributed by atoms with Gasteiger partial charge in [-0.25, -0.2) is 4.98 Å². The van der Waals surface area contributed by atoms with Crippen LogP contribution in [0.5, 0.6) is 0 Å². The van der Waals surface area contributed by atoms with Crippen molar-refractivity contribution in [1.82, 2.24) is 9.38 Å². The first-order valence-corrected chi connectivity index (χ1v) is 7.77. The average molecular weight is 299 g/mol. The summed E-state index contributed by atoms with van der Waals surface area (Å²) >= 11 is 1.54. The standard InChI is InChI=1S/C16H17N3OS/c1-10(2)12-4-6-13(7-5-12)17-15(20)14-8-19-11(3)9-21-16(19)18-14/h4-10H,1-3H3,(H,17,20). The summed E-state index contributed by atoms with van der Waals surface area (Å²) < 4.78 is 1.93. The highest BCUT2D eigenvalue weighted by atomic mass is 32.1. The summed E-state index contributed by atoms with van der Waals surface area (Å²) in [6.07, 6.45) is 1.78. The molecule has 0 radical (unpaired) electrons. The van der Waals surface area contributed by atoms with Gasteiger partial charge in [0, 0.05) is 23.0 Å². The van der Waals surface area contributed by atoms with E-state index in [0.29, 0.717) is 11.6 Å². The van der Waals surface area contributed by atoms with Crippen LogP contribution in [0.4, 0.5) is 5.69 Å². The number of fused-ring (bicyclic) bond motifs is 1. The Morgan fingerprint density at radius 2 is 2.00 bits per heavy atom. The van der Waals surface area contributed by atoms with E-state index in [4.69, 9.17) is 0 Å². The third kappa shape index (κ3) is 2.69. The van der Waals surface area contributed by atoms with Gasteiger partial charge in [-0.3, -0.25) is 9.20 Å². The molecule has 0 aliphatic rings. The summed E-state index contributed by atoms with van der Waals surface area (Å²) in [5, 5.41) is 4.91. The van der Waals surface area contributed by atoms with Crippen LogP contribution in [0.25, 0.3) is 4.96 Å². The van der Waals surface area contributed by atoms with Crippen molar-refractivity contribution in [3.05, 3.63) is 52.8 Å². The molecule has 0 atom stereocenters. The third-order valence-electron chi connectivity index (χ3n) is 3.46. The second-order valence-corrected chi connectivity index (χ2v) is 6.22. The van der Waals surface area contributed by atoms with Gasteiger partial charge < -0.3 is 5.32 Å². The third-order valence-corrected chi connectivity index (χ3v) is 4.41. The molecule has 0 unspecified atom stereocenters. The summed E-state index contributed by atoms with van der Waals surface area (Å²) in [7, 11) is 0. The Bertz CT molecular complexity index is 784. The lowest BCUT2D eigenvalue weighted by Gasteiger charge is -2.07. The van der Waals surface area contributed by atoms with Gasteiger partial charge in [-0.05, 0) is 30.5 Å². The summed E-state index contributed by atoms with van der Waals surface area (Å²) in [5.74, 6) is 0.306. The van der Waals surface area contributed by atoms with Crippen molar-refractivity contribution in [3.63, 3.8) is 0 Å². The van der Waals surface area contributed by atoms with E-state index in [1.807, 2.05) is 41.0 Å². The highest BCUT2D eigenvalue weighted by Gasteiger charge is 2.13.